The summed E-state index contributed by atoms with van der Waals surface area (Å²) in [5.41, 5.74) is 3.24. The topological polar surface area (TPSA) is 54.0 Å². The van der Waals surface area contributed by atoms with Crippen molar-refractivity contribution >= 4 is 0 Å². The molecule has 2 N–H and O–H groups in total. The van der Waals surface area contributed by atoms with E-state index in [1.807, 2.05) is 0 Å². The zero-order chi connectivity index (χ0) is 13.5. The van der Waals surface area contributed by atoms with Gasteiger partial charge in [-0.2, -0.15) is 0 Å². The highest BCUT2D eigenvalue weighted by atomic mass is 16.5. The Bertz CT molecular complexity index is 239. The first-order valence-corrected chi connectivity index (χ1v) is 7.60. The molecule has 0 amide bonds. The molecule has 5 nitrogen and oxygen atoms in total. The molecule has 19 heavy (non-hydrogen) atoms. The third-order valence-electron chi connectivity index (χ3n) is 4.05. The van der Waals surface area contributed by atoms with Crippen LogP contribution in [0, 0.1) is 5.92 Å². The van der Waals surface area contributed by atoms with E-state index in [9.17, 15) is 5.11 Å². The van der Waals surface area contributed by atoms with Crippen molar-refractivity contribution in [1.82, 2.24) is 10.4 Å². The smallest absolute Gasteiger partial charge is 0.0911 e. The summed E-state index contributed by atoms with van der Waals surface area (Å²) in [6.45, 7) is 6.60. The van der Waals surface area contributed by atoms with Gasteiger partial charge in [-0.15, -0.1) is 0 Å². The zero-order valence-electron chi connectivity index (χ0n) is 12.0. The Morgan fingerprint density at radius 1 is 1.26 bits per heavy atom. The van der Waals surface area contributed by atoms with Gasteiger partial charge in [0.15, 0.2) is 0 Å². The van der Waals surface area contributed by atoms with E-state index >= 15 is 0 Å². The molecule has 2 aliphatic rings. The molecule has 1 aliphatic heterocycles. The summed E-state index contributed by atoms with van der Waals surface area (Å²) in [6.07, 6.45) is 4.73. The minimum absolute atomic E-state index is 0.356. The van der Waals surface area contributed by atoms with E-state index in [-0.39, 0.29) is 0 Å². The number of ether oxygens (including phenoxy) is 2. The first kappa shape index (κ1) is 15.2. The fourth-order valence-corrected chi connectivity index (χ4v) is 2.66. The Labute approximate surface area is 116 Å². The van der Waals surface area contributed by atoms with E-state index in [0.29, 0.717) is 19.3 Å². The standard InChI is InChI=1S/C14H28N2O3/c1-12-2-4-14(5-3-12)19-11-13(17)10-15-16-6-8-18-9-7-16/h12-15,17H,2-11H2,1H3. The molecule has 1 unspecified atom stereocenters. The number of hydrogen-bond donors (Lipinski definition) is 2. The highest BCUT2D eigenvalue weighted by Crippen LogP contribution is 2.25. The van der Waals surface area contributed by atoms with Gasteiger partial charge in [-0.3, -0.25) is 5.43 Å². The molecule has 5 heteroatoms. The Morgan fingerprint density at radius 2 is 1.95 bits per heavy atom. The minimum Gasteiger partial charge on any atom is -0.389 e. The van der Waals surface area contributed by atoms with E-state index in [1.54, 1.807) is 0 Å². The molecule has 0 aromatic carbocycles. The van der Waals surface area contributed by atoms with Crippen LogP contribution >= 0.6 is 0 Å². The van der Waals surface area contributed by atoms with E-state index in [2.05, 4.69) is 17.4 Å². The van der Waals surface area contributed by atoms with Crippen molar-refractivity contribution in [3.63, 3.8) is 0 Å². The average molecular weight is 272 g/mol. The molecule has 0 aromatic heterocycles. The Morgan fingerprint density at radius 3 is 2.63 bits per heavy atom. The molecule has 1 atom stereocenters. The van der Waals surface area contributed by atoms with E-state index < -0.39 is 6.10 Å². The number of nitrogens with zero attached hydrogens (tertiary/aromatic N) is 1. The lowest BCUT2D eigenvalue weighted by molar-refractivity contribution is -0.0405. The van der Waals surface area contributed by atoms with Crippen LogP contribution in [0.2, 0.25) is 0 Å². The van der Waals surface area contributed by atoms with Crippen molar-refractivity contribution in [2.24, 2.45) is 5.92 Å². The van der Waals surface area contributed by atoms with Crippen LogP contribution in [-0.4, -0.2) is 61.8 Å². The van der Waals surface area contributed by atoms with Crippen LogP contribution in [0.1, 0.15) is 32.6 Å². The second kappa shape index (κ2) is 8.17. The van der Waals surface area contributed by atoms with Crippen LogP contribution in [0.15, 0.2) is 0 Å². The maximum Gasteiger partial charge on any atom is 0.0911 e. The SMILES string of the molecule is CC1CCC(OCC(O)CNN2CCOCC2)CC1. The van der Waals surface area contributed by atoms with Gasteiger partial charge < -0.3 is 14.6 Å². The fourth-order valence-electron chi connectivity index (χ4n) is 2.66. The second-order valence-corrected chi connectivity index (χ2v) is 5.83. The van der Waals surface area contributed by atoms with E-state index in [0.717, 1.165) is 45.1 Å². The molecule has 1 aliphatic carbocycles. The van der Waals surface area contributed by atoms with E-state index in [1.165, 1.54) is 12.8 Å². The second-order valence-electron chi connectivity index (χ2n) is 5.83. The van der Waals surface area contributed by atoms with Crippen LogP contribution in [0.4, 0.5) is 0 Å². The van der Waals surface area contributed by atoms with Crippen LogP contribution in [-0.2, 0) is 9.47 Å². The van der Waals surface area contributed by atoms with Gasteiger partial charge in [0.2, 0.25) is 0 Å². The zero-order valence-corrected chi connectivity index (χ0v) is 12.0. The molecule has 2 rings (SSSR count). The molecule has 1 saturated carbocycles. The van der Waals surface area contributed by atoms with Crippen LogP contribution < -0.4 is 5.43 Å². The molecule has 112 valence electrons. The summed E-state index contributed by atoms with van der Waals surface area (Å²) >= 11 is 0. The van der Waals surface area contributed by atoms with Crippen molar-refractivity contribution in [3.8, 4) is 0 Å². The maximum absolute atomic E-state index is 9.92. The predicted octanol–water partition coefficient (Wildman–Crippen LogP) is 0.779. The number of hydrazine groups is 1. The highest BCUT2D eigenvalue weighted by molar-refractivity contribution is 4.71. The molecule has 0 spiro atoms. The number of aliphatic hydroxyl groups is 1. The normalized spacial score (nSPS) is 31.3. The van der Waals surface area contributed by atoms with Gasteiger partial charge in [0, 0.05) is 19.6 Å². The molecular weight excluding hydrogens is 244 g/mol. The first-order valence-electron chi connectivity index (χ1n) is 7.60. The Hall–Kier alpha value is -0.200. The highest BCUT2D eigenvalue weighted by Gasteiger charge is 2.20. The molecule has 0 radical (unpaired) electrons. The third kappa shape index (κ3) is 5.75. The van der Waals surface area contributed by atoms with Gasteiger partial charge >= 0.3 is 0 Å². The lowest BCUT2D eigenvalue weighted by Crippen LogP contribution is -2.48. The lowest BCUT2D eigenvalue weighted by atomic mass is 9.89. The monoisotopic (exact) mass is 272 g/mol. The van der Waals surface area contributed by atoms with Crippen LogP contribution in [0.25, 0.3) is 0 Å². The summed E-state index contributed by atoms with van der Waals surface area (Å²) in [5.74, 6) is 0.841. The van der Waals surface area contributed by atoms with Gasteiger partial charge in [-0.05, 0) is 31.6 Å². The van der Waals surface area contributed by atoms with Crippen molar-refractivity contribution < 1.29 is 14.6 Å². The Kier molecular flexibility index (Phi) is 6.53. The molecular formula is C14H28N2O3. The molecule has 0 aromatic rings. The first-order chi connectivity index (χ1) is 9.24. The van der Waals surface area contributed by atoms with Gasteiger partial charge in [-0.1, -0.05) is 6.92 Å². The minimum atomic E-state index is -0.429. The summed E-state index contributed by atoms with van der Waals surface area (Å²) in [4.78, 5) is 0. The molecule has 0 bridgehead atoms. The summed E-state index contributed by atoms with van der Waals surface area (Å²) < 4.78 is 11.1. The summed E-state index contributed by atoms with van der Waals surface area (Å²) in [6, 6.07) is 0. The predicted molar refractivity (Wildman–Crippen MR) is 73.8 cm³/mol. The maximum atomic E-state index is 9.92. The summed E-state index contributed by atoms with van der Waals surface area (Å²) in [5, 5.41) is 12.0. The summed E-state index contributed by atoms with van der Waals surface area (Å²) in [7, 11) is 0. The van der Waals surface area contributed by atoms with Gasteiger partial charge in [0.25, 0.3) is 0 Å². The van der Waals surface area contributed by atoms with Crippen LogP contribution in [0.5, 0.6) is 0 Å². The number of hydrogen-bond acceptors (Lipinski definition) is 5. The fraction of sp³-hybridized carbons (Fsp3) is 1.00. The molecule has 1 heterocycles. The van der Waals surface area contributed by atoms with Crippen LogP contribution in [0.3, 0.4) is 0 Å². The average Bonchev–Trinajstić information content (AvgIpc) is 2.45. The van der Waals surface area contributed by atoms with Gasteiger partial charge in [-0.25, -0.2) is 5.01 Å². The largest absolute Gasteiger partial charge is 0.389 e. The molecule has 2 fully saturated rings. The van der Waals surface area contributed by atoms with Gasteiger partial charge in [0.1, 0.15) is 0 Å². The van der Waals surface area contributed by atoms with Gasteiger partial charge in [0.05, 0.1) is 32.0 Å². The van der Waals surface area contributed by atoms with Crippen molar-refractivity contribution in [2.45, 2.75) is 44.8 Å². The third-order valence-corrected chi connectivity index (χ3v) is 4.05. The number of rotatable bonds is 6. The Balaban J connectivity index is 1.52. The van der Waals surface area contributed by atoms with Crippen molar-refractivity contribution in [3.05, 3.63) is 0 Å². The number of nitrogens with one attached hydrogen (secondary N) is 1. The van der Waals surface area contributed by atoms with Crippen molar-refractivity contribution in [1.29, 1.82) is 0 Å². The number of aliphatic hydroxyl groups excluding tert-OH is 1. The number of morpholine rings is 1. The van der Waals surface area contributed by atoms with Crippen molar-refractivity contribution in [2.75, 3.05) is 39.5 Å². The molecule has 1 saturated heterocycles. The van der Waals surface area contributed by atoms with E-state index in [4.69, 9.17) is 9.47 Å². The lowest BCUT2D eigenvalue weighted by Gasteiger charge is -2.29. The quantitative estimate of drug-likeness (QED) is 0.748.